The van der Waals surface area contributed by atoms with Crippen molar-refractivity contribution < 1.29 is 9.37 Å². The second-order valence-corrected chi connectivity index (χ2v) is 3.61. The zero-order valence-electron chi connectivity index (χ0n) is 9.59. The highest BCUT2D eigenvalue weighted by molar-refractivity contribution is 5.20. The summed E-state index contributed by atoms with van der Waals surface area (Å²) in [5.41, 5.74) is 7.82. The number of rotatable bonds is 5. The van der Waals surface area contributed by atoms with Gasteiger partial charge in [-0.1, -0.05) is 10.3 Å². The average molecular weight is 234 g/mol. The Morgan fingerprint density at radius 2 is 2.24 bits per heavy atom. The highest BCUT2D eigenvalue weighted by Gasteiger charge is 2.05. The van der Waals surface area contributed by atoms with Crippen molar-refractivity contribution in [1.82, 2.24) is 15.3 Å². The summed E-state index contributed by atoms with van der Waals surface area (Å²) in [5.74, 6) is 0.688. The predicted molar refractivity (Wildman–Crippen MR) is 60.4 cm³/mol. The van der Waals surface area contributed by atoms with Crippen LogP contribution in [0.1, 0.15) is 17.1 Å². The molecule has 2 heterocycles. The van der Waals surface area contributed by atoms with Gasteiger partial charge in [-0.15, -0.1) is 0 Å². The standard InChI is InChI=1S/C11H14N4O2/c1-8-11(15-17-14-8)7-16-10-3-2-9(4-5-12)13-6-10/h2-3,6H,4-5,7,12H2,1H3. The number of aromatic nitrogens is 3. The van der Waals surface area contributed by atoms with Gasteiger partial charge in [-0.3, -0.25) is 4.98 Å². The molecule has 0 spiro atoms. The van der Waals surface area contributed by atoms with Crippen molar-refractivity contribution in [2.24, 2.45) is 5.73 Å². The zero-order valence-corrected chi connectivity index (χ0v) is 9.59. The van der Waals surface area contributed by atoms with Gasteiger partial charge in [0.2, 0.25) is 0 Å². The van der Waals surface area contributed by atoms with Gasteiger partial charge < -0.3 is 10.5 Å². The van der Waals surface area contributed by atoms with E-state index in [-0.39, 0.29) is 0 Å². The fraction of sp³-hybridized carbons (Fsp3) is 0.364. The molecule has 2 N–H and O–H groups in total. The maximum atomic E-state index is 5.51. The number of nitrogens with two attached hydrogens (primary N) is 1. The molecule has 2 aromatic heterocycles. The van der Waals surface area contributed by atoms with E-state index in [1.807, 2.05) is 19.1 Å². The summed E-state index contributed by atoms with van der Waals surface area (Å²) in [6.07, 6.45) is 2.44. The van der Waals surface area contributed by atoms with Gasteiger partial charge in [-0.05, 0) is 25.6 Å². The molecule has 0 bridgehead atoms. The van der Waals surface area contributed by atoms with E-state index < -0.39 is 0 Å². The molecule has 2 rings (SSSR count). The monoisotopic (exact) mass is 234 g/mol. The number of hydrogen-bond donors (Lipinski definition) is 1. The molecule has 0 atom stereocenters. The van der Waals surface area contributed by atoms with E-state index in [0.29, 0.717) is 24.6 Å². The molecule has 0 unspecified atom stereocenters. The van der Waals surface area contributed by atoms with Crippen LogP contribution in [0.5, 0.6) is 5.75 Å². The summed E-state index contributed by atoms with van der Waals surface area (Å²) >= 11 is 0. The SMILES string of the molecule is Cc1nonc1COc1ccc(CCN)nc1. The summed E-state index contributed by atoms with van der Waals surface area (Å²) in [7, 11) is 0. The molecule has 0 aliphatic carbocycles. The molecule has 2 aromatic rings. The maximum Gasteiger partial charge on any atom is 0.145 e. The molecule has 0 aliphatic heterocycles. The summed E-state index contributed by atoms with van der Waals surface area (Å²) in [5, 5.41) is 7.40. The minimum Gasteiger partial charge on any atom is -0.485 e. The minimum absolute atomic E-state index is 0.327. The van der Waals surface area contributed by atoms with E-state index in [0.717, 1.165) is 17.8 Å². The topological polar surface area (TPSA) is 87.1 Å². The molecule has 0 radical (unpaired) electrons. The van der Waals surface area contributed by atoms with Crippen molar-refractivity contribution in [2.75, 3.05) is 6.54 Å². The van der Waals surface area contributed by atoms with Gasteiger partial charge in [0, 0.05) is 12.1 Å². The van der Waals surface area contributed by atoms with Crippen LogP contribution in [0.25, 0.3) is 0 Å². The van der Waals surface area contributed by atoms with Crippen LogP contribution in [0.2, 0.25) is 0 Å². The molecule has 0 saturated carbocycles. The van der Waals surface area contributed by atoms with E-state index in [4.69, 9.17) is 10.5 Å². The van der Waals surface area contributed by atoms with Gasteiger partial charge in [0.15, 0.2) is 0 Å². The Bertz CT molecular complexity index is 467. The van der Waals surface area contributed by atoms with Crippen LogP contribution in [-0.4, -0.2) is 21.8 Å². The molecule has 17 heavy (non-hydrogen) atoms. The second kappa shape index (κ2) is 5.40. The van der Waals surface area contributed by atoms with Crippen LogP contribution < -0.4 is 10.5 Å². The third-order valence-electron chi connectivity index (χ3n) is 2.32. The first kappa shape index (κ1) is 11.5. The summed E-state index contributed by atoms with van der Waals surface area (Å²) in [4.78, 5) is 4.23. The molecular formula is C11H14N4O2. The summed E-state index contributed by atoms with van der Waals surface area (Å²) in [6, 6.07) is 3.76. The van der Waals surface area contributed by atoms with Gasteiger partial charge in [0.05, 0.1) is 6.20 Å². The van der Waals surface area contributed by atoms with Gasteiger partial charge in [-0.25, -0.2) is 4.63 Å². The zero-order chi connectivity index (χ0) is 12.1. The van der Waals surface area contributed by atoms with Crippen LogP contribution in [-0.2, 0) is 13.0 Å². The number of nitrogens with zero attached hydrogens (tertiary/aromatic N) is 3. The number of ether oxygens (including phenoxy) is 1. The first-order chi connectivity index (χ1) is 8.29. The lowest BCUT2D eigenvalue weighted by molar-refractivity contribution is 0.269. The molecule has 0 saturated heterocycles. The Labute approximate surface area is 98.8 Å². The highest BCUT2D eigenvalue weighted by Crippen LogP contribution is 2.12. The van der Waals surface area contributed by atoms with E-state index in [1.54, 1.807) is 6.20 Å². The van der Waals surface area contributed by atoms with Crippen molar-refractivity contribution in [3.05, 3.63) is 35.4 Å². The van der Waals surface area contributed by atoms with Crippen LogP contribution in [0.3, 0.4) is 0 Å². The van der Waals surface area contributed by atoms with Gasteiger partial charge in [-0.2, -0.15) is 0 Å². The largest absolute Gasteiger partial charge is 0.485 e. The van der Waals surface area contributed by atoms with Crippen molar-refractivity contribution >= 4 is 0 Å². The highest BCUT2D eigenvalue weighted by atomic mass is 16.6. The van der Waals surface area contributed by atoms with Crippen LogP contribution >= 0.6 is 0 Å². The van der Waals surface area contributed by atoms with E-state index in [2.05, 4.69) is 19.9 Å². The summed E-state index contributed by atoms with van der Waals surface area (Å²) in [6.45, 7) is 2.74. The lowest BCUT2D eigenvalue weighted by atomic mass is 10.3. The Hall–Kier alpha value is -1.95. The van der Waals surface area contributed by atoms with Crippen molar-refractivity contribution in [1.29, 1.82) is 0 Å². The first-order valence-electron chi connectivity index (χ1n) is 5.35. The van der Waals surface area contributed by atoms with Crippen molar-refractivity contribution in [3.8, 4) is 5.75 Å². The number of hydrogen-bond acceptors (Lipinski definition) is 6. The molecule has 90 valence electrons. The van der Waals surface area contributed by atoms with Crippen LogP contribution in [0.15, 0.2) is 23.0 Å². The normalized spacial score (nSPS) is 10.5. The smallest absolute Gasteiger partial charge is 0.145 e. The van der Waals surface area contributed by atoms with E-state index >= 15 is 0 Å². The Morgan fingerprint density at radius 3 is 2.82 bits per heavy atom. The fourth-order valence-corrected chi connectivity index (χ4v) is 1.32. The van der Waals surface area contributed by atoms with Gasteiger partial charge in [0.1, 0.15) is 23.7 Å². The van der Waals surface area contributed by atoms with Gasteiger partial charge in [0.25, 0.3) is 0 Å². The fourth-order valence-electron chi connectivity index (χ4n) is 1.32. The first-order valence-corrected chi connectivity index (χ1v) is 5.35. The van der Waals surface area contributed by atoms with Crippen LogP contribution in [0.4, 0.5) is 0 Å². The molecule has 6 heteroatoms. The molecular weight excluding hydrogens is 220 g/mol. The Balaban J connectivity index is 1.93. The van der Waals surface area contributed by atoms with Gasteiger partial charge >= 0.3 is 0 Å². The average Bonchev–Trinajstić information content (AvgIpc) is 2.75. The molecule has 0 aromatic carbocycles. The van der Waals surface area contributed by atoms with Crippen molar-refractivity contribution in [2.45, 2.75) is 20.0 Å². The van der Waals surface area contributed by atoms with E-state index in [1.165, 1.54) is 0 Å². The minimum atomic E-state index is 0.327. The van der Waals surface area contributed by atoms with E-state index in [9.17, 15) is 0 Å². The third-order valence-corrected chi connectivity index (χ3v) is 2.32. The van der Waals surface area contributed by atoms with Crippen molar-refractivity contribution in [3.63, 3.8) is 0 Å². The molecule has 0 aliphatic rings. The Morgan fingerprint density at radius 1 is 1.35 bits per heavy atom. The summed E-state index contributed by atoms with van der Waals surface area (Å²) < 4.78 is 10.1. The Kier molecular flexibility index (Phi) is 3.66. The third kappa shape index (κ3) is 3.01. The lowest BCUT2D eigenvalue weighted by Crippen LogP contribution is -2.04. The number of aryl methyl sites for hydroxylation is 1. The second-order valence-electron chi connectivity index (χ2n) is 3.61. The molecule has 6 nitrogen and oxygen atoms in total. The molecule has 0 amide bonds. The number of pyridine rings is 1. The quantitative estimate of drug-likeness (QED) is 0.825. The lowest BCUT2D eigenvalue weighted by Gasteiger charge is -2.04. The van der Waals surface area contributed by atoms with Crippen LogP contribution in [0, 0.1) is 6.92 Å². The predicted octanol–water partition coefficient (Wildman–Crippen LogP) is 0.853. The molecule has 0 fully saturated rings. The maximum absolute atomic E-state index is 5.51.